The molecule has 2 N–H and O–H groups in total. The van der Waals surface area contributed by atoms with Crippen molar-refractivity contribution in [3.8, 4) is 0 Å². The van der Waals surface area contributed by atoms with E-state index in [1.165, 1.54) is 12.7 Å². The van der Waals surface area contributed by atoms with Crippen LogP contribution in [0.3, 0.4) is 0 Å². The van der Waals surface area contributed by atoms with Crippen LogP contribution in [-0.2, 0) is 4.74 Å². The molecule has 1 fully saturated rings. The van der Waals surface area contributed by atoms with E-state index in [1.807, 2.05) is 30.3 Å². The number of alkyl halides is 1. The van der Waals surface area contributed by atoms with Crippen molar-refractivity contribution in [2.45, 2.75) is 28.6 Å². The van der Waals surface area contributed by atoms with E-state index < -0.39 is 12.3 Å². The fourth-order valence-corrected chi connectivity index (χ4v) is 4.94. The highest BCUT2D eigenvalue weighted by Gasteiger charge is 2.45. The van der Waals surface area contributed by atoms with Gasteiger partial charge in [0.05, 0.1) is 24.0 Å². The molecule has 9 heteroatoms. The monoisotopic (exact) mass is 422 g/mol. The van der Waals surface area contributed by atoms with E-state index in [0.29, 0.717) is 11.0 Å². The predicted octanol–water partition coefficient (Wildman–Crippen LogP) is 1.93. The van der Waals surface area contributed by atoms with Gasteiger partial charge in [-0.1, -0.05) is 34.1 Å². The maximum Gasteiger partial charge on any atom is 0.278 e. The quantitative estimate of drug-likeness (QED) is 0.624. The molecule has 7 nitrogen and oxygen atoms in total. The fraction of sp³-hybridized carbons (Fsp3) is 0.312. The SMILES string of the molecule is O=c1[nH]cnc2c1ncn2[C@@H]1O[C@H](CBr)[C@@H](Sc2ccccc2)[C@H]1O. The van der Waals surface area contributed by atoms with Crippen LogP contribution in [0, 0.1) is 0 Å². The zero-order chi connectivity index (χ0) is 17.4. The molecule has 0 bridgehead atoms. The van der Waals surface area contributed by atoms with Gasteiger partial charge in [0.1, 0.15) is 6.10 Å². The molecule has 1 aromatic carbocycles. The maximum absolute atomic E-state index is 11.8. The number of halogens is 1. The van der Waals surface area contributed by atoms with Crippen LogP contribution in [0.4, 0.5) is 0 Å². The lowest BCUT2D eigenvalue weighted by Crippen LogP contribution is -2.29. The van der Waals surface area contributed by atoms with Crippen molar-refractivity contribution in [3.63, 3.8) is 0 Å². The lowest BCUT2D eigenvalue weighted by molar-refractivity contribution is -0.0282. The Kier molecular flexibility index (Phi) is 4.63. The van der Waals surface area contributed by atoms with Gasteiger partial charge in [-0.25, -0.2) is 9.97 Å². The summed E-state index contributed by atoms with van der Waals surface area (Å²) < 4.78 is 7.67. The number of aromatic amines is 1. The number of fused-ring (bicyclic) bond motifs is 1. The highest BCUT2D eigenvalue weighted by molar-refractivity contribution is 9.09. The molecule has 2 aromatic heterocycles. The van der Waals surface area contributed by atoms with Gasteiger partial charge in [0, 0.05) is 10.2 Å². The van der Waals surface area contributed by atoms with Crippen LogP contribution in [-0.4, -0.2) is 47.4 Å². The number of aliphatic hydroxyl groups is 1. The van der Waals surface area contributed by atoms with Gasteiger partial charge < -0.3 is 14.8 Å². The van der Waals surface area contributed by atoms with Gasteiger partial charge >= 0.3 is 0 Å². The summed E-state index contributed by atoms with van der Waals surface area (Å²) >= 11 is 5.04. The number of thioether (sulfide) groups is 1. The summed E-state index contributed by atoms with van der Waals surface area (Å²) in [6.07, 6.45) is 1.20. The number of H-pyrrole nitrogens is 1. The second-order valence-corrected chi connectivity index (χ2v) is 7.56. The molecule has 4 rings (SSSR count). The van der Waals surface area contributed by atoms with Crippen LogP contribution in [0.5, 0.6) is 0 Å². The minimum absolute atomic E-state index is 0.161. The molecule has 1 aliphatic heterocycles. The van der Waals surface area contributed by atoms with E-state index >= 15 is 0 Å². The van der Waals surface area contributed by atoms with E-state index in [1.54, 1.807) is 16.3 Å². The Balaban J connectivity index is 1.67. The zero-order valence-corrected chi connectivity index (χ0v) is 15.4. The number of imidazole rings is 1. The Bertz CT molecular complexity index is 932. The topological polar surface area (TPSA) is 93.0 Å². The Labute approximate surface area is 155 Å². The minimum atomic E-state index is -0.772. The number of nitrogens with one attached hydrogen (secondary N) is 1. The van der Waals surface area contributed by atoms with Crippen molar-refractivity contribution in [2.75, 3.05) is 5.33 Å². The summed E-state index contributed by atoms with van der Waals surface area (Å²) in [4.78, 5) is 23.7. The third-order valence-corrected chi connectivity index (χ3v) is 6.15. The molecule has 0 amide bonds. The number of rotatable bonds is 4. The van der Waals surface area contributed by atoms with Crippen LogP contribution in [0.25, 0.3) is 11.2 Å². The Hall–Kier alpha value is -1.68. The molecule has 4 atom stereocenters. The molecule has 0 spiro atoms. The van der Waals surface area contributed by atoms with Gasteiger partial charge in [-0.3, -0.25) is 9.36 Å². The second-order valence-electron chi connectivity index (χ2n) is 5.66. The van der Waals surface area contributed by atoms with Gasteiger partial charge in [0.25, 0.3) is 5.56 Å². The summed E-state index contributed by atoms with van der Waals surface area (Å²) in [5.74, 6) is 0. The van der Waals surface area contributed by atoms with E-state index in [4.69, 9.17) is 4.74 Å². The third kappa shape index (κ3) is 3.01. The lowest BCUT2D eigenvalue weighted by atomic mass is 10.2. The summed E-state index contributed by atoms with van der Waals surface area (Å²) in [7, 11) is 0. The molecule has 3 aromatic rings. The van der Waals surface area contributed by atoms with Gasteiger partial charge in [-0.2, -0.15) is 0 Å². The molecule has 3 heterocycles. The van der Waals surface area contributed by atoms with Crippen LogP contribution >= 0.6 is 27.7 Å². The zero-order valence-electron chi connectivity index (χ0n) is 12.9. The van der Waals surface area contributed by atoms with E-state index in [-0.39, 0.29) is 22.4 Å². The standard InChI is InChI=1S/C16H15BrN4O3S/c17-6-10-13(25-9-4-2-1-3-5-9)12(22)16(24-10)21-8-20-11-14(21)18-7-19-15(11)23/h1-5,7-8,10,12-13,16,22H,6H2,(H,18,19,23)/t10-,12-,13-,16-/m1/s1. The summed E-state index contributed by atoms with van der Waals surface area (Å²) in [5.41, 5.74) is 0.308. The average Bonchev–Trinajstić information content (AvgIpc) is 3.19. The molecule has 0 radical (unpaired) electrons. The van der Waals surface area contributed by atoms with Gasteiger partial charge in [-0.15, -0.1) is 11.8 Å². The number of ether oxygens (including phenoxy) is 1. The molecule has 0 aliphatic carbocycles. The first-order chi connectivity index (χ1) is 12.2. The van der Waals surface area contributed by atoms with Crippen LogP contribution < -0.4 is 5.56 Å². The molecule has 25 heavy (non-hydrogen) atoms. The first-order valence-corrected chi connectivity index (χ1v) is 9.70. The minimum Gasteiger partial charge on any atom is -0.387 e. The van der Waals surface area contributed by atoms with E-state index in [9.17, 15) is 9.90 Å². The predicted molar refractivity (Wildman–Crippen MR) is 97.9 cm³/mol. The van der Waals surface area contributed by atoms with Crippen molar-refractivity contribution in [2.24, 2.45) is 0 Å². The highest BCUT2D eigenvalue weighted by Crippen LogP contribution is 2.41. The first-order valence-electron chi connectivity index (χ1n) is 7.70. The van der Waals surface area contributed by atoms with Crippen molar-refractivity contribution < 1.29 is 9.84 Å². The highest BCUT2D eigenvalue weighted by atomic mass is 79.9. The second kappa shape index (κ2) is 6.91. The Morgan fingerprint density at radius 3 is 2.88 bits per heavy atom. The number of hydrogen-bond acceptors (Lipinski definition) is 6. The number of benzene rings is 1. The van der Waals surface area contributed by atoms with Crippen molar-refractivity contribution >= 4 is 38.9 Å². The van der Waals surface area contributed by atoms with Crippen LogP contribution in [0.1, 0.15) is 6.23 Å². The van der Waals surface area contributed by atoms with Gasteiger partial charge in [-0.05, 0) is 12.1 Å². The maximum atomic E-state index is 11.8. The van der Waals surface area contributed by atoms with Crippen molar-refractivity contribution in [1.29, 1.82) is 0 Å². The average molecular weight is 423 g/mol. The molecule has 1 saturated heterocycles. The van der Waals surface area contributed by atoms with E-state index in [2.05, 4.69) is 30.9 Å². The molecule has 0 saturated carbocycles. The Morgan fingerprint density at radius 2 is 2.12 bits per heavy atom. The Morgan fingerprint density at radius 1 is 1.32 bits per heavy atom. The summed E-state index contributed by atoms with van der Waals surface area (Å²) in [5, 5.41) is 11.3. The number of aromatic nitrogens is 4. The van der Waals surface area contributed by atoms with Crippen LogP contribution in [0.15, 0.2) is 52.7 Å². The third-order valence-electron chi connectivity index (χ3n) is 4.12. The molecule has 0 unspecified atom stereocenters. The number of aliphatic hydroxyl groups excluding tert-OH is 1. The van der Waals surface area contributed by atoms with Crippen LogP contribution in [0.2, 0.25) is 0 Å². The molecule has 1 aliphatic rings. The summed E-state index contributed by atoms with van der Waals surface area (Å²) in [6, 6.07) is 9.89. The lowest BCUT2D eigenvalue weighted by Gasteiger charge is -2.19. The van der Waals surface area contributed by atoms with E-state index in [0.717, 1.165) is 4.90 Å². The van der Waals surface area contributed by atoms with Gasteiger partial charge in [0.2, 0.25) is 0 Å². The number of nitrogens with zero attached hydrogens (tertiary/aromatic N) is 3. The van der Waals surface area contributed by atoms with Gasteiger partial charge in [0.15, 0.2) is 17.4 Å². The summed E-state index contributed by atoms with van der Waals surface area (Å²) in [6.45, 7) is 0. The fourth-order valence-electron chi connectivity index (χ4n) is 2.92. The largest absolute Gasteiger partial charge is 0.387 e. The molecule has 130 valence electrons. The van der Waals surface area contributed by atoms with Crippen molar-refractivity contribution in [1.82, 2.24) is 19.5 Å². The normalized spacial score (nSPS) is 26.3. The first kappa shape index (κ1) is 16.8. The van der Waals surface area contributed by atoms with Crippen molar-refractivity contribution in [3.05, 3.63) is 53.3 Å². The molecular formula is C16H15BrN4O3S. The number of hydrogen-bond donors (Lipinski definition) is 2. The molecular weight excluding hydrogens is 408 g/mol. The smallest absolute Gasteiger partial charge is 0.278 e.